The first-order chi connectivity index (χ1) is 19.0. The number of amides is 2. The Kier molecular flexibility index (Phi) is 6.78. The van der Waals surface area contributed by atoms with Crippen molar-refractivity contribution in [2.24, 2.45) is 5.73 Å². The number of carbonyl (C=O) groups excluding carboxylic acids is 2. The van der Waals surface area contributed by atoms with E-state index in [0.717, 1.165) is 29.9 Å². The molecule has 0 saturated heterocycles. The second-order valence-electron chi connectivity index (χ2n) is 9.36. The van der Waals surface area contributed by atoms with Gasteiger partial charge in [0.2, 0.25) is 0 Å². The zero-order chi connectivity index (χ0) is 28.8. The molecule has 4 aromatic rings. The number of halogens is 4. The molecule has 1 aliphatic heterocycles. The molecule has 0 radical (unpaired) electrons. The predicted molar refractivity (Wildman–Crippen MR) is 141 cm³/mol. The lowest BCUT2D eigenvalue weighted by Gasteiger charge is -2.12. The summed E-state index contributed by atoms with van der Waals surface area (Å²) >= 11 is 0. The van der Waals surface area contributed by atoms with Gasteiger partial charge in [-0.2, -0.15) is 18.3 Å². The average Bonchev–Trinajstić information content (AvgIpc) is 3.17. The van der Waals surface area contributed by atoms with Crippen molar-refractivity contribution in [1.29, 1.82) is 0 Å². The molecule has 0 aliphatic carbocycles. The molecule has 5 rings (SSSR count). The van der Waals surface area contributed by atoms with Crippen LogP contribution in [0.5, 0.6) is 0 Å². The normalized spacial score (nSPS) is 12.7. The van der Waals surface area contributed by atoms with Crippen molar-refractivity contribution in [2.75, 3.05) is 10.6 Å². The molecule has 0 fully saturated rings. The second-order valence-corrected chi connectivity index (χ2v) is 9.36. The third kappa shape index (κ3) is 4.88. The summed E-state index contributed by atoms with van der Waals surface area (Å²) < 4.78 is 56.3. The first-order valence-corrected chi connectivity index (χ1v) is 12.4. The van der Waals surface area contributed by atoms with Crippen molar-refractivity contribution >= 4 is 29.1 Å². The molecule has 0 atom stereocenters. The van der Waals surface area contributed by atoms with Gasteiger partial charge >= 0.3 is 6.18 Å². The number of carbonyl (C=O) groups is 2. The molecule has 2 aromatic heterocycles. The molecule has 2 amide bonds. The van der Waals surface area contributed by atoms with Gasteiger partial charge in [-0.05, 0) is 66.8 Å². The zero-order valence-electron chi connectivity index (χ0n) is 21.5. The Hall–Kier alpha value is -4.74. The fraction of sp³-hybridized carbons (Fsp3) is 0.214. The third-order valence-electron chi connectivity index (χ3n) is 6.84. The Bertz CT molecular complexity index is 1660. The van der Waals surface area contributed by atoms with Crippen molar-refractivity contribution in [1.82, 2.24) is 14.8 Å². The van der Waals surface area contributed by atoms with Crippen molar-refractivity contribution in [3.05, 3.63) is 87.9 Å². The Morgan fingerprint density at radius 1 is 1.15 bits per heavy atom. The number of primary amides is 1. The molecular weight excluding hydrogens is 528 g/mol. The Labute approximate surface area is 226 Å². The fourth-order valence-electron chi connectivity index (χ4n) is 4.70. The van der Waals surface area contributed by atoms with Crippen LogP contribution in [0, 0.1) is 12.7 Å². The van der Waals surface area contributed by atoms with Crippen molar-refractivity contribution in [3.63, 3.8) is 0 Å². The number of alkyl halides is 3. The summed E-state index contributed by atoms with van der Waals surface area (Å²) in [5, 5.41) is 10.00. The van der Waals surface area contributed by atoms with Crippen LogP contribution in [0.4, 0.5) is 34.9 Å². The highest BCUT2D eigenvalue weighted by molar-refractivity contribution is 6.07. The first kappa shape index (κ1) is 26.9. The molecular formula is C28H24F4N6O2. The number of nitrogens with one attached hydrogen (secondary N) is 2. The van der Waals surface area contributed by atoms with E-state index in [1.807, 2.05) is 12.1 Å². The van der Waals surface area contributed by atoms with E-state index in [1.165, 1.54) is 24.6 Å². The van der Waals surface area contributed by atoms with E-state index in [4.69, 9.17) is 5.73 Å². The summed E-state index contributed by atoms with van der Waals surface area (Å²) in [6, 6.07) is 10.0. The molecule has 40 heavy (non-hydrogen) atoms. The zero-order valence-corrected chi connectivity index (χ0v) is 21.5. The lowest BCUT2D eigenvalue weighted by molar-refractivity contribution is -0.137. The summed E-state index contributed by atoms with van der Waals surface area (Å²) in [5.41, 5.74) is 7.48. The van der Waals surface area contributed by atoms with Gasteiger partial charge in [0.25, 0.3) is 11.8 Å². The SMILES string of the molecule is CCc1ccc2c(c1)CCn1nc(-c3ccc(C(=O)Nc4cc(C(F)(F)F)ccn4)c(C)c3F)c(C(N)=O)c1N2. The van der Waals surface area contributed by atoms with Gasteiger partial charge in [-0.3, -0.25) is 9.59 Å². The van der Waals surface area contributed by atoms with Gasteiger partial charge < -0.3 is 16.4 Å². The number of nitrogens with zero attached hydrogens (tertiary/aromatic N) is 3. The minimum absolute atomic E-state index is 0.00362. The van der Waals surface area contributed by atoms with Crippen LogP contribution in [0.3, 0.4) is 0 Å². The van der Waals surface area contributed by atoms with Crippen LogP contribution in [-0.4, -0.2) is 26.6 Å². The van der Waals surface area contributed by atoms with Crippen LogP contribution in [0.2, 0.25) is 0 Å². The Morgan fingerprint density at radius 2 is 1.93 bits per heavy atom. The number of rotatable bonds is 5. The molecule has 12 heteroatoms. The third-order valence-corrected chi connectivity index (χ3v) is 6.84. The number of hydrogen-bond acceptors (Lipinski definition) is 5. The molecule has 1 aliphatic rings. The van der Waals surface area contributed by atoms with Gasteiger partial charge in [0.05, 0.1) is 5.56 Å². The van der Waals surface area contributed by atoms with Gasteiger partial charge in [0, 0.05) is 29.6 Å². The quantitative estimate of drug-likeness (QED) is 0.278. The van der Waals surface area contributed by atoms with Gasteiger partial charge in [0.15, 0.2) is 0 Å². The number of fused-ring (bicyclic) bond motifs is 2. The van der Waals surface area contributed by atoms with Crippen LogP contribution >= 0.6 is 0 Å². The van der Waals surface area contributed by atoms with Crippen molar-refractivity contribution in [3.8, 4) is 11.3 Å². The number of nitrogens with two attached hydrogens (primary N) is 1. The highest BCUT2D eigenvalue weighted by Crippen LogP contribution is 2.37. The lowest BCUT2D eigenvalue weighted by Crippen LogP contribution is -2.17. The summed E-state index contributed by atoms with van der Waals surface area (Å²) in [6.45, 7) is 3.81. The van der Waals surface area contributed by atoms with E-state index < -0.39 is 29.4 Å². The summed E-state index contributed by atoms with van der Waals surface area (Å²) in [6.07, 6.45) is -2.22. The molecule has 206 valence electrons. The molecule has 0 unspecified atom stereocenters. The smallest absolute Gasteiger partial charge is 0.365 e. The standard InChI is InChI=1S/C28H24F4N6O2/c1-3-15-4-7-20-16(12-15)9-11-38-26(35-20)22(25(33)39)24(37-38)19-6-5-18(14(2)23(19)29)27(40)36-21-13-17(8-10-34-21)28(30,31)32/h4-8,10,12-13,35H,3,9,11H2,1-2H3,(H2,33,39)(H,34,36,40). The van der Waals surface area contributed by atoms with Crippen LogP contribution in [0.15, 0.2) is 48.7 Å². The first-order valence-electron chi connectivity index (χ1n) is 12.4. The number of pyridine rings is 1. The molecule has 2 aromatic carbocycles. The molecule has 0 spiro atoms. The van der Waals surface area contributed by atoms with Crippen LogP contribution in [0.1, 0.15) is 49.9 Å². The van der Waals surface area contributed by atoms with Crippen molar-refractivity contribution < 1.29 is 27.2 Å². The summed E-state index contributed by atoms with van der Waals surface area (Å²) in [4.78, 5) is 29.1. The number of aromatic nitrogens is 3. The van der Waals surface area contributed by atoms with Crippen LogP contribution in [0.25, 0.3) is 11.3 Å². The minimum Gasteiger partial charge on any atom is -0.365 e. The summed E-state index contributed by atoms with van der Waals surface area (Å²) in [5.74, 6) is -2.49. The fourth-order valence-corrected chi connectivity index (χ4v) is 4.70. The van der Waals surface area contributed by atoms with E-state index in [2.05, 4.69) is 33.7 Å². The minimum atomic E-state index is -4.62. The van der Waals surface area contributed by atoms with E-state index >= 15 is 4.39 Å². The highest BCUT2D eigenvalue weighted by Gasteiger charge is 2.31. The van der Waals surface area contributed by atoms with Gasteiger partial charge in [0.1, 0.15) is 28.7 Å². The van der Waals surface area contributed by atoms with E-state index in [0.29, 0.717) is 24.8 Å². The molecule has 0 bridgehead atoms. The largest absolute Gasteiger partial charge is 0.416 e. The maximum absolute atomic E-state index is 15.7. The summed E-state index contributed by atoms with van der Waals surface area (Å²) in [7, 11) is 0. The predicted octanol–water partition coefficient (Wildman–Crippen LogP) is 5.62. The van der Waals surface area contributed by atoms with Crippen LogP contribution < -0.4 is 16.4 Å². The van der Waals surface area contributed by atoms with Gasteiger partial charge in [-0.1, -0.05) is 19.1 Å². The Balaban J connectivity index is 1.50. The molecule has 4 N–H and O–H groups in total. The van der Waals surface area contributed by atoms with E-state index in [-0.39, 0.29) is 33.8 Å². The number of aryl methyl sites for hydroxylation is 3. The number of anilines is 3. The molecule has 0 saturated carbocycles. The number of benzene rings is 2. The van der Waals surface area contributed by atoms with Gasteiger partial charge in [-0.15, -0.1) is 0 Å². The number of hydrogen-bond donors (Lipinski definition) is 3. The lowest BCUT2D eigenvalue weighted by atomic mass is 9.99. The maximum Gasteiger partial charge on any atom is 0.416 e. The van der Waals surface area contributed by atoms with E-state index in [9.17, 15) is 22.8 Å². The molecule has 3 heterocycles. The van der Waals surface area contributed by atoms with Crippen molar-refractivity contribution in [2.45, 2.75) is 39.4 Å². The second kappa shape index (κ2) is 10.1. The highest BCUT2D eigenvalue weighted by atomic mass is 19.4. The van der Waals surface area contributed by atoms with Gasteiger partial charge in [-0.25, -0.2) is 14.1 Å². The Morgan fingerprint density at radius 3 is 2.62 bits per heavy atom. The molecule has 8 nitrogen and oxygen atoms in total. The average molecular weight is 553 g/mol. The maximum atomic E-state index is 15.7. The van der Waals surface area contributed by atoms with Crippen LogP contribution in [-0.2, 0) is 25.6 Å². The topological polar surface area (TPSA) is 115 Å². The van der Waals surface area contributed by atoms with E-state index in [1.54, 1.807) is 4.68 Å². The monoisotopic (exact) mass is 552 g/mol.